The van der Waals surface area contributed by atoms with Gasteiger partial charge in [0.15, 0.2) is 5.78 Å². The molecule has 1 aromatic carbocycles. The minimum absolute atomic E-state index is 0.114. The summed E-state index contributed by atoms with van der Waals surface area (Å²) in [5.74, 6) is -0.0939. The molecular weight excluding hydrogens is 424 g/mol. The molecule has 0 bridgehead atoms. The van der Waals surface area contributed by atoms with Crippen LogP contribution in [0.5, 0.6) is 0 Å². The molecule has 1 aromatic heterocycles. The number of esters is 1. The van der Waals surface area contributed by atoms with Gasteiger partial charge < -0.3 is 15.4 Å². The van der Waals surface area contributed by atoms with Crippen LogP contribution in [0.25, 0.3) is 0 Å². The minimum Gasteiger partial charge on any atom is -0.467 e. The maximum Gasteiger partial charge on any atom is 0.328 e. The maximum atomic E-state index is 12.5. The lowest BCUT2D eigenvalue weighted by Gasteiger charge is -2.44. The number of carbonyl (C=O) groups is 2. The maximum absolute atomic E-state index is 12.5. The Balaban J connectivity index is 1.46. The standard InChI is InChI=1S/C24H26N4O5/c1-33-23(30)18(27-20-15-21(29)24(20)11-3-2-4-12-24)14-16-7-9-17(10-8-16)26-22-19(28(31)32)6-5-13-25-22/h5-10,13,15,18,27H,2-4,11-12,14H2,1H3,(H,25,26)/t18-/m0/s1. The third kappa shape index (κ3) is 4.57. The number of hydrogen-bond acceptors (Lipinski definition) is 8. The van der Waals surface area contributed by atoms with Crippen LogP contribution in [-0.4, -0.2) is 34.8 Å². The Morgan fingerprint density at radius 3 is 2.58 bits per heavy atom. The molecule has 2 aliphatic rings. The number of aromatic nitrogens is 1. The highest BCUT2D eigenvalue weighted by atomic mass is 16.6. The van der Waals surface area contributed by atoms with Crippen molar-refractivity contribution in [3.8, 4) is 0 Å². The topological polar surface area (TPSA) is 123 Å². The van der Waals surface area contributed by atoms with E-state index in [9.17, 15) is 19.7 Å². The third-order valence-electron chi connectivity index (χ3n) is 6.42. The number of hydrogen-bond donors (Lipinski definition) is 2. The van der Waals surface area contributed by atoms with Crippen LogP contribution in [0, 0.1) is 15.5 Å². The zero-order valence-corrected chi connectivity index (χ0v) is 18.4. The second-order valence-electron chi connectivity index (χ2n) is 8.44. The lowest BCUT2D eigenvalue weighted by molar-refractivity contribution is -0.384. The number of allylic oxidation sites excluding steroid dienone is 2. The number of carbonyl (C=O) groups excluding carboxylic acids is 2. The smallest absolute Gasteiger partial charge is 0.328 e. The summed E-state index contributed by atoms with van der Waals surface area (Å²) < 4.78 is 5.00. The molecule has 1 heterocycles. The molecule has 9 heteroatoms. The first-order valence-corrected chi connectivity index (χ1v) is 11.0. The number of methoxy groups -OCH3 is 1. The Labute approximate surface area is 191 Å². The molecule has 0 aliphatic heterocycles. The molecule has 1 saturated carbocycles. The number of nitro groups is 1. The number of ketones is 1. The van der Waals surface area contributed by atoms with Crippen molar-refractivity contribution in [2.75, 3.05) is 12.4 Å². The lowest BCUT2D eigenvalue weighted by atomic mass is 9.62. The van der Waals surface area contributed by atoms with Crippen LogP contribution in [-0.2, 0) is 20.7 Å². The normalized spacial score (nSPS) is 17.5. The van der Waals surface area contributed by atoms with Crippen LogP contribution in [0.1, 0.15) is 37.7 Å². The van der Waals surface area contributed by atoms with Gasteiger partial charge >= 0.3 is 11.7 Å². The molecule has 1 fully saturated rings. The Hall–Kier alpha value is -3.75. The van der Waals surface area contributed by atoms with Gasteiger partial charge in [-0.2, -0.15) is 0 Å². The SMILES string of the molecule is COC(=O)[C@H](Cc1ccc(Nc2ncccc2[N+](=O)[O-])cc1)NC1=CC(=O)C12CCCCC2. The first kappa shape index (κ1) is 22.4. The van der Waals surface area contributed by atoms with Crippen molar-refractivity contribution < 1.29 is 19.2 Å². The molecule has 1 spiro atoms. The number of rotatable bonds is 8. The van der Waals surface area contributed by atoms with Crippen molar-refractivity contribution in [3.63, 3.8) is 0 Å². The fourth-order valence-corrected chi connectivity index (χ4v) is 4.57. The fraction of sp³-hybridized carbons (Fsp3) is 0.375. The third-order valence-corrected chi connectivity index (χ3v) is 6.42. The highest BCUT2D eigenvalue weighted by Gasteiger charge is 2.49. The molecule has 2 aliphatic carbocycles. The second kappa shape index (κ2) is 9.40. The molecule has 0 unspecified atom stereocenters. The van der Waals surface area contributed by atoms with Crippen LogP contribution in [0.4, 0.5) is 17.2 Å². The predicted octanol–water partition coefficient (Wildman–Crippen LogP) is 3.82. The summed E-state index contributed by atoms with van der Waals surface area (Å²) >= 11 is 0. The van der Waals surface area contributed by atoms with Gasteiger partial charge in [0.1, 0.15) is 6.04 Å². The van der Waals surface area contributed by atoms with Crippen LogP contribution < -0.4 is 10.6 Å². The average molecular weight is 450 g/mol. The Kier molecular flexibility index (Phi) is 6.39. The predicted molar refractivity (Wildman–Crippen MR) is 122 cm³/mol. The van der Waals surface area contributed by atoms with Crippen molar-refractivity contribution in [2.45, 2.75) is 44.6 Å². The molecule has 0 amide bonds. The zero-order chi connectivity index (χ0) is 23.4. The zero-order valence-electron chi connectivity index (χ0n) is 18.4. The van der Waals surface area contributed by atoms with E-state index in [4.69, 9.17) is 4.74 Å². The number of nitrogens with zero attached hydrogens (tertiary/aromatic N) is 2. The van der Waals surface area contributed by atoms with Crippen molar-refractivity contribution in [2.24, 2.45) is 5.41 Å². The van der Waals surface area contributed by atoms with Gasteiger partial charge in [-0.05, 0) is 36.6 Å². The number of ether oxygens (including phenoxy) is 1. The first-order valence-electron chi connectivity index (χ1n) is 11.0. The van der Waals surface area contributed by atoms with Crippen molar-refractivity contribution in [3.05, 3.63) is 70.0 Å². The largest absolute Gasteiger partial charge is 0.467 e. The van der Waals surface area contributed by atoms with E-state index in [-0.39, 0.29) is 17.3 Å². The van der Waals surface area contributed by atoms with E-state index in [1.807, 2.05) is 12.1 Å². The molecule has 4 rings (SSSR count). The van der Waals surface area contributed by atoms with Gasteiger partial charge in [-0.25, -0.2) is 9.78 Å². The van der Waals surface area contributed by atoms with Crippen molar-refractivity contribution >= 4 is 28.9 Å². The number of benzene rings is 1. The van der Waals surface area contributed by atoms with Gasteiger partial charge in [-0.1, -0.05) is 31.4 Å². The molecule has 2 N–H and O–H groups in total. The highest BCUT2D eigenvalue weighted by molar-refractivity contribution is 6.05. The van der Waals surface area contributed by atoms with Gasteiger partial charge in [-0.3, -0.25) is 14.9 Å². The summed E-state index contributed by atoms with van der Waals surface area (Å²) in [5.41, 5.74) is 1.77. The van der Waals surface area contributed by atoms with Crippen molar-refractivity contribution in [1.29, 1.82) is 0 Å². The number of pyridine rings is 1. The molecular formula is C24H26N4O5. The molecule has 2 aromatic rings. The van der Waals surface area contributed by atoms with E-state index in [0.29, 0.717) is 12.1 Å². The average Bonchev–Trinajstić information content (AvgIpc) is 2.84. The molecule has 0 saturated heterocycles. The van der Waals surface area contributed by atoms with E-state index in [2.05, 4.69) is 15.6 Å². The van der Waals surface area contributed by atoms with E-state index in [1.54, 1.807) is 18.2 Å². The highest BCUT2D eigenvalue weighted by Crippen LogP contribution is 2.48. The number of nitrogens with one attached hydrogen (secondary N) is 2. The van der Waals surface area contributed by atoms with Crippen LogP contribution >= 0.6 is 0 Å². The van der Waals surface area contributed by atoms with Gasteiger partial charge in [0.2, 0.25) is 5.82 Å². The summed E-state index contributed by atoms with van der Waals surface area (Å²) in [6.45, 7) is 0. The Morgan fingerprint density at radius 2 is 1.94 bits per heavy atom. The van der Waals surface area contributed by atoms with Crippen LogP contribution in [0.2, 0.25) is 0 Å². The molecule has 33 heavy (non-hydrogen) atoms. The van der Waals surface area contributed by atoms with Crippen molar-refractivity contribution in [1.82, 2.24) is 10.3 Å². The summed E-state index contributed by atoms with van der Waals surface area (Å²) in [5, 5.41) is 17.4. The Bertz CT molecular complexity index is 1090. The van der Waals surface area contributed by atoms with E-state index >= 15 is 0 Å². The van der Waals surface area contributed by atoms with Crippen LogP contribution in [0.3, 0.4) is 0 Å². The fourth-order valence-electron chi connectivity index (χ4n) is 4.57. The van der Waals surface area contributed by atoms with Gasteiger partial charge in [-0.15, -0.1) is 0 Å². The molecule has 1 atom stereocenters. The summed E-state index contributed by atoms with van der Waals surface area (Å²) in [4.78, 5) is 39.6. The molecule has 172 valence electrons. The quantitative estimate of drug-likeness (QED) is 0.353. The second-order valence-corrected chi connectivity index (χ2v) is 8.44. The summed E-state index contributed by atoms with van der Waals surface area (Å²) in [7, 11) is 1.35. The molecule has 0 radical (unpaired) electrons. The van der Waals surface area contributed by atoms with Gasteiger partial charge in [0, 0.05) is 36.1 Å². The van der Waals surface area contributed by atoms with Gasteiger partial charge in [0.05, 0.1) is 17.4 Å². The Morgan fingerprint density at radius 1 is 1.21 bits per heavy atom. The first-order chi connectivity index (χ1) is 15.9. The summed E-state index contributed by atoms with van der Waals surface area (Å²) in [6.07, 6.45) is 8.25. The summed E-state index contributed by atoms with van der Waals surface area (Å²) in [6, 6.07) is 9.50. The van der Waals surface area contributed by atoms with E-state index in [1.165, 1.54) is 25.4 Å². The number of anilines is 2. The van der Waals surface area contributed by atoms with E-state index in [0.717, 1.165) is 43.4 Å². The minimum atomic E-state index is -0.621. The van der Waals surface area contributed by atoms with Gasteiger partial charge in [0.25, 0.3) is 0 Å². The van der Waals surface area contributed by atoms with Crippen LogP contribution in [0.15, 0.2) is 54.4 Å². The lowest BCUT2D eigenvalue weighted by Crippen LogP contribution is -2.52. The molecule has 9 nitrogen and oxygen atoms in total. The monoisotopic (exact) mass is 450 g/mol. The van der Waals surface area contributed by atoms with E-state index < -0.39 is 22.3 Å².